The Hall–Kier alpha value is -0.990. The zero-order chi connectivity index (χ0) is 11.1. The molecule has 0 spiro atoms. The summed E-state index contributed by atoms with van der Waals surface area (Å²) in [6, 6.07) is 0. The summed E-state index contributed by atoms with van der Waals surface area (Å²) in [6.07, 6.45) is 5.00. The first-order chi connectivity index (χ1) is 7.04. The minimum Gasteiger partial charge on any atom is -0.367 e. The highest BCUT2D eigenvalue weighted by Crippen LogP contribution is 2.44. The van der Waals surface area contributed by atoms with Gasteiger partial charge in [0.15, 0.2) is 0 Å². The van der Waals surface area contributed by atoms with E-state index in [4.69, 9.17) is 10.3 Å². The maximum atomic E-state index is 5.84. The maximum Gasteiger partial charge on any atom is 0.225 e. The average molecular weight is 208 g/mol. The Kier molecular flexibility index (Phi) is 2.49. The van der Waals surface area contributed by atoms with Gasteiger partial charge in [0.05, 0.1) is 5.69 Å². The largest absolute Gasteiger partial charge is 0.367 e. The first-order valence-corrected chi connectivity index (χ1v) is 5.80. The Labute approximate surface area is 91.0 Å². The molecule has 1 aliphatic carbocycles. The van der Waals surface area contributed by atoms with E-state index >= 15 is 0 Å². The summed E-state index contributed by atoms with van der Waals surface area (Å²) in [5.74, 6) is 0.900. The molecule has 0 atom stereocenters. The number of hydrogen-bond donors (Lipinski definition) is 1. The molecule has 0 saturated heterocycles. The van der Waals surface area contributed by atoms with Crippen LogP contribution >= 0.6 is 0 Å². The third-order valence-corrected chi connectivity index (χ3v) is 3.61. The SMILES string of the molecule is CC(C)c1c(C2(C)CCCC2)noc1N. The predicted molar refractivity (Wildman–Crippen MR) is 60.8 cm³/mol. The Morgan fingerprint density at radius 1 is 1.33 bits per heavy atom. The van der Waals surface area contributed by atoms with Gasteiger partial charge in [0, 0.05) is 11.0 Å². The van der Waals surface area contributed by atoms with Crippen LogP contribution in [0, 0.1) is 0 Å². The van der Waals surface area contributed by atoms with Crippen LogP contribution in [0.15, 0.2) is 4.52 Å². The van der Waals surface area contributed by atoms with Crippen LogP contribution in [0.5, 0.6) is 0 Å². The molecule has 2 rings (SSSR count). The molecule has 1 saturated carbocycles. The third-order valence-electron chi connectivity index (χ3n) is 3.61. The number of anilines is 1. The first kappa shape index (κ1) is 10.5. The van der Waals surface area contributed by atoms with Crippen molar-refractivity contribution in [2.75, 3.05) is 5.73 Å². The van der Waals surface area contributed by atoms with Crippen molar-refractivity contribution < 1.29 is 4.52 Å². The summed E-state index contributed by atoms with van der Waals surface area (Å²) in [7, 11) is 0. The summed E-state index contributed by atoms with van der Waals surface area (Å²) in [4.78, 5) is 0. The molecule has 2 N–H and O–H groups in total. The highest BCUT2D eigenvalue weighted by molar-refractivity contribution is 5.44. The second-order valence-electron chi connectivity index (χ2n) is 5.23. The molecule has 0 aliphatic heterocycles. The van der Waals surface area contributed by atoms with Crippen LogP contribution in [0.3, 0.4) is 0 Å². The van der Waals surface area contributed by atoms with Gasteiger partial charge in [-0.1, -0.05) is 38.8 Å². The van der Waals surface area contributed by atoms with Crippen molar-refractivity contribution >= 4 is 5.88 Å². The van der Waals surface area contributed by atoms with Gasteiger partial charge in [-0.3, -0.25) is 0 Å². The van der Waals surface area contributed by atoms with E-state index in [1.54, 1.807) is 0 Å². The van der Waals surface area contributed by atoms with Gasteiger partial charge in [0.2, 0.25) is 5.88 Å². The Morgan fingerprint density at radius 3 is 2.47 bits per heavy atom. The van der Waals surface area contributed by atoms with Crippen molar-refractivity contribution in [1.82, 2.24) is 5.16 Å². The molecule has 0 unspecified atom stereocenters. The van der Waals surface area contributed by atoms with Crippen molar-refractivity contribution in [2.45, 2.75) is 57.8 Å². The number of nitrogens with two attached hydrogens (primary N) is 1. The Bertz CT molecular complexity index is 349. The minimum absolute atomic E-state index is 0.195. The summed E-state index contributed by atoms with van der Waals surface area (Å²) in [5, 5.41) is 4.19. The molecule has 15 heavy (non-hydrogen) atoms. The van der Waals surface area contributed by atoms with E-state index in [1.807, 2.05) is 0 Å². The van der Waals surface area contributed by atoms with Crippen molar-refractivity contribution in [3.05, 3.63) is 11.3 Å². The minimum atomic E-state index is 0.195. The topological polar surface area (TPSA) is 52.0 Å². The molecule has 3 heteroatoms. The van der Waals surface area contributed by atoms with Gasteiger partial charge in [-0.2, -0.15) is 0 Å². The molecule has 1 heterocycles. The highest BCUT2D eigenvalue weighted by Gasteiger charge is 2.37. The lowest BCUT2D eigenvalue weighted by molar-refractivity contribution is 0.386. The lowest BCUT2D eigenvalue weighted by atomic mass is 9.81. The van der Waals surface area contributed by atoms with Crippen LogP contribution in [0.4, 0.5) is 5.88 Å². The van der Waals surface area contributed by atoms with Crippen molar-refractivity contribution in [3.63, 3.8) is 0 Å². The molecule has 0 aromatic carbocycles. The highest BCUT2D eigenvalue weighted by atomic mass is 16.5. The lowest BCUT2D eigenvalue weighted by Gasteiger charge is -2.22. The molecule has 0 amide bonds. The Morgan fingerprint density at radius 2 is 1.93 bits per heavy atom. The molecule has 0 bridgehead atoms. The summed E-state index contributed by atoms with van der Waals surface area (Å²) >= 11 is 0. The number of hydrogen-bond acceptors (Lipinski definition) is 3. The molecule has 3 nitrogen and oxygen atoms in total. The van der Waals surface area contributed by atoms with Crippen LogP contribution in [0.2, 0.25) is 0 Å². The maximum absolute atomic E-state index is 5.84. The zero-order valence-electron chi connectivity index (χ0n) is 9.84. The van der Waals surface area contributed by atoms with E-state index in [9.17, 15) is 0 Å². The van der Waals surface area contributed by atoms with Gasteiger partial charge in [0.1, 0.15) is 0 Å². The second kappa shape index (κ2) is 3.54. The fourth-order valence-electron chi connectivity index (χ4n) is 2.70. The van der Waals surface area contributed by atoms with Crippen LogP contribution in [-0.2, 0) is 5.41 Å². The third kappa shape index (κ3) is 1.64. The van der Waals surface area contributed by atoms with Crippen LogP contribution in [0.1, 0.15) is 63.6 Å². The average Bonchev–Trinajstić information content (AvgIpc) is 2.72. The quantitative estimate of drug-likeness (QED) is 0.811. The molecular weight excluding hydrogens is 188 g/mol. The number of nitrogen functional groups attached to an aromatic ring is 1. The number of aromatic nitrogens is 1. The predicted octanol–water partition coefficient (Wildman–Crippen LogP) is 3.21. The smallest absolute Gasteiger partial charge is 0.225 e. The monoisotopic (exact) mass is 208 g/mol. The summed E-state index contributed by atoms with van der Waals surface area (Å²) in [5.41, 5.74) is 8.26. The van der Waals surface area contributed by atoms with E-state index in [2.05, 4.69) is 25.9 Å². The molecule has 1 aromatic rings. The number of rotatable bonds is 2. The van der Waals surface area contributed by atoms with Crippen LogP contribution in [0.25, 0.3) is 0 Å². The molecule has 1 aromatic heterocycles. The van der Waals surface area contributed by atoms with Gasteiger partial charge in [-0.05, 0) is 18.8 Å². The molecule has 0 radical (unpaired) electrons. The van der Waals surface area contributed by atoms with Crippen LogP contribution < -0.4 is 5.73 Å². The standard InChI is InChI=1S/C12H20N2O/c1-8(2)9-10(14-15-11(9)13)12(3)6-4-5-7-12/h8H,4-7,13H2,1-3H3. The molecule has 84 valence electrons. The van der Waals surface area contributed by atoms with E-state index in [0.717, 1.165) is 11.3 Å². The normalized spacial score (nSPS) is 20.0. The zero-order valence-corrected chi connectivity index (χ0v) is 9.84. The van der Waals surface area contributed by atoms with Crippen LogP contribution in [-0.4, -0.2) is 5.16 Å². The van der Waals surface area contributed by atoms with E-state index in [-0.39, 0.29) is 5.41 Å². The summed E-state index contributed by atoms with van der Waals surface area (Å²) < 4.78 is 5.16. The van der Waals surface area contributed by atoms with Gasteiger partial charge in [0.25, 0.3) is 0 Å². The molecular formula is C12H20N2O. The van der Waals surface area contributed by atoms with Crippen molar-refractivity contribution in [3.8, 4) is 0 Å². The summed E-state index contributed by atoms with van der Waals surface area (Å²) in [6.45, 7) is 6.57. The van der Waals surface area contributed by atoms with E-state index in [1.165, 1.54) is 25.7 Å². The lowest BCUT2D eigenvalue weighted by Crippen LogP contribution is -2.19. The van der Waals surface area contributed by atoms with Gasteiger partial charge >= 0.3 is 0 Å². The molecule has 1 fully saturated rings. The Balaban J connectivity index is 2.43. The van der Waals surface area contributed by atoms with Crippen molar-refractivity contribution in [1.29, 1.82) is 0 Å². The van der Waals surface area contributed by atoms with E-state index < -0.39 is 0 Å². The number of nitrogens with zero attached hydrogens (tertiary/aromatic N) is 1. The van der Waals surface area contributed by atoms with Gasteiger partial charge in [-0.15, -0.1) is 0 Å². The second-order valence-corrected chi connectivity index (χ2v) is 5.23. The fourth-order valence-corrected chi connectivity index (χ4v) is 2.70. The van der Waals surface area contributed by atoms with Gasteiger partial charge in [-0.25, -0.2) is 0 Å². The van der Waals surface area contributed by atoms with Gasteiger partial charge < -0.3 is 10.3 Å². The van der Waals surface area contributed by atoms with Crippen molar-refractivity contribution in [2.24, 2.45) is 0 Å². The first-order valence-electron chi connectivity index (χ1n) is 5.80. The fraction of sp³-hybridized carbons (Fsp3) is 0.750. The van der Waals surface area contributed by atoms with E-state index in [0.29, 0.717) is 11.8 Å². The molecule has 1 aliphatic rings.